The van der Waals surface area contributed by atoms with E-state index in [2.05, 4.69) is 22.5 Å². The molecule has 0 atom stereocenters. The van der Waals surface area contributed by atoms with Crippen molar-refractivity contribution in [2.24, 2.45) is 0 Å². The number of carbonyl (C=O) groups is 2. The SMILES string of the molecule is CCc1ccccc1CC(=O)Nc1ccnc(C(=O)NC(C)(C)C)c1. The van der Waals surface area contributed by atoms with Gasteiger partial charge >= 0.3 is 0 Å². The highest BCUT2D eigenvalue weighted by Gasteiger charge is 2.17. The van der Waals surface area contributed by atoms with E-state index in [1.807, 2.05) is 45.0 Å². The van der Waals surface area contributed by atoms with Gasteiger partial charge in [0.25, 0.3) is 5.91 Å². The summed E-state index contributed by atoms with van der Waals surface area (Å²) in [7, 11) is 0. The highest BCUT2D eigenvalue weighted by atomic mass is 16.2. The zero-order valence-corrected chi connectivity index (χ0v) is 15.2. The van der Waals surface area contributed by atoms with Gasteiger partial charge in [0.05, 0.1) is 6.42 Å². The Morgan fingerprint density at radius 1 is 1.08 bits per heavy atom. The third-order valence-electron chi connectivity index (χ3n) is 3.62. The first-order valence-electron chi connectivity index (χ1n) is 8.43. The number of nitrogens with one attached hydrogen (secondary N) is 2. The van der Waals surface area contributed by atoms with Crippen molar-refractivity contribution in [3.05, 3.63) is 59.4 Å². The standard InChI is InChI=1S/C20H25N3O2/c1-5-14-8-6-7-9-15(14)12-18(24)22-16-10-11-21-17(13-16)19(25)23-20(2,3)4/h6-11,13H,5,12H2,1-4H3,(H,23,25)(H,21,22,24). The van der Waals surface area contributed by atoms with Gasteiger partial charge in [-0.1, -0.05) is 31.2 Å². The van der Waals surface area contributed by atoms with Gasteiger partial charge in [-0.3, -0.25) is 14.6 Å². The van der Waals surface area contributed by atoms with Gasteiger partial charge in [-0.15, -0.1) is 0 Å². The van der Waals surface area contributed by atoms with E-state index < -0.39 is 0 Å². The average Bonchev–Trinajstić information content (AvgIpc) is 2.54. The van der Waals surface area contributed by atoms with Gasteiger partial charge in [0.1, 0.15) is 5.69 Å². The highest BCUT2D eigenvalue weighted by Crippen LogP contribution is 2.13. The number of aryl methyl sites for hydroxylation is 1. The van der Waals surface area contributed by atoms with E-state index in [-0.39, 0.29) is 23.0 Å². The summed E-state index contributed by atoms with van der Waals surface area (Å²) in [5.74, 6) is -0.380. The third-order valence-corrected chi connectivity index (χ3v) is 3.62. The van der Waals surface area contributed by atoms with E-state index in [0.29, 0.717) is 12.1 Å². The Labute approximate surface area is 148 Å². The van der Waals surface area contributed by atoms with Crippen LogP contribution in [0.15, 0.2) is 42.6 Å². The minimum atomic E-state index is -0.345. The second kappa shape index (κ2) is 7.92. The van der Waals surface area contributed by atoms with Crippen molar-refractivity contribution < 1.29 is 9.59 Å². The molecule has 0 saturated heterocycles. The Balaban J connectivity index is 2.06. The molecule has 0 fully saturated rings. The molecule has 132 valence electrons. The molecule has 0 radical (unpaired) electrons. The number of hydrogen-bond donors (Lipinski definition) is 2. The van der Waals surface area contributed by atoms with Crippen molar-refractivity contribution >= 4 is 17.5 Å². The smallest absolute Gasteiger partial charge is 0.270 e. The number of benzene rings is 1. The predicted octanol–water partition coefficient (Wildman–Crippen LogP) is 3.35. The predicted molar refractivity (Wildman–Crippen MR) is 99.6 cm³/mol. The minimum absolute atomic E-state index is 0.116. The molecular weight excluding hydrogens is 314 g/mol. The number of anilines is 1. The molecule has 1 heterocycles. The number of amides is 2. The van der Waals surface area contributed by atoms with Crippen LogP contribution in [0.3, 0.4) is 0 Å². The lowest BCUT2D eigenvalue weighted by Gasteiger charge is -2.20. The van der Waals surface area contributed by atoms with Gasteiger partial charge in [0.15, 0.2) is 0 Å². The van der Waals surface area contributed by atoms with Gasteiger partial charge in [-0.05, 0) is 50.5 Å². The molecule has 0 unspecified atom stereocenters. The number of hydrogen-bond acceptors (Lipinski definition) is 3. The van der Waals surface area contributed by atoms with Crippen LogP contribution in [-0.2, 0) is 17.6 Å². The van der Waals surface area contributed by atoms with E-state index in [4.69, 9.17) is 0 Å². The maximum absolute atomic E-state index is 12.3. The number of rotatable bonds is 5. The second-order valence-electron chi connectivity index (χ2n) is 6.98. The van der Waals surface area contributed by atoms with E-state index in [1.165, 1.54) is 6.20 Å². The van der Waals surface area contributed by atoms with Crippen LogP contribution in [0.4, 0.5) is 5.69 Å². The fourth-order valence-electron chi connectivity index (χ4n) is 2.49. The summed E-state index contributed by atoms with van der Waals surface area (Å²) < 4.78 is 0. The van der Waals surface area contributed by atoms with E-state index >= 15 is 0 Å². The van der Waals surface area contributed by atoms with E-state index in [0.717, 1.165) is 17.5 Å². The van der Waals surface area contributed by atoms with Gasteiger partial charge < -0.3 is 10.6 Å². The first-order chi connectivity index (χ1) is 11.8. The maximum Gasteiger partial charge on any atom is 0.270 e. The summed E-state index contributed by atoms with van der Waals surface area (Å²) in [6.45, 7) is 7.78. The van der Waals surface area contributed by atoms with Crippen molar-refractivity contribution in [1.82, 2.24) is 10.3 Å². The summed E-state index contributed by atoms with van der Waals surface area (Å²) in [4.78, 5) is 28.6. The van der Waals surface area contributed by atoms with Crippen LogP contribution in [0.5, 0.6) is 0 Å². The van der Waals surface area contributed by atoms with Gasteiger partial charge in [0.2, 0.25) is 5.91 Å². The number of carbonyl (C=O) groups excluding carboxylic acids is 2. The summed E-state index contributed by atoms with van der Waals surface area (Å²) in [5.41, 5.74) is 2.68. The topological polar surface area (TPSA) is 71.1 Å². The molecule has 0 bridgehead atoms. The molecule has 2 rings (SSSR count). The Morgan fingerprint density at radius 3 is 2.40 bits per heavy atom. The maximum atomic E-state index is 12.3. The van der Waals surface area contributed by atoms with Crippen LogP contribution < -0.4 is 10.6 Å². The van der Waals surface area contributed by atoms with Gasteiger partial charge in [-0.2, -0.15) is 0 Å². The molecule has 0 aliphatic heterocycles. The fraction of sp³-hybridized carbons (Fsp3) is 0.350. The summed E-state index contributed by atoms with van der Waals surface area (Å²) in [5, 5.41) is 5.70. The first-order valence-corrected chi connectivity index (χ1v) is 8.43. The fourth-order valence-corrected chi connectivity index (χ4v) is 2.49. The first kappa shape index (κ1) is 18.6. The molecule has 0 aliphatic carbocycles. The Bertz CT molecular complexity index is 764. The molecule has 5 nitrogen and oxygen atoms in total. The van der Waals surface area contributed by atoms with Crippen molar-refractivity contribution in [3.8, 4) is 0 Å². The van der Waals surface area contributed by atoms with E-state index in [9.17, 15) is 9.59 Å². The molecule has 0 aliphatic rings. The molecule has 1 aromatic heterocycles. The number of aromatic nitrogens is 1. The number of pyridine rings is 1. The summed E-state index contributed by atoms with van der Waals surface area (Å²) in [6, 6.07) is 11.2. The molecule has 5 heteroatoms. The molecule has 0 spiro atoms. The normalized spacial score (nSPS) is 11.0. The average molecular weight is 339 g/mol. The van der Waals surface area contributed by atoms with Gasteiger partial charge in [0, 0.05) is 17.4 Å². The zero-order chi connectivity index (χ0) is 18.4. The largest absolute Gasteiger partial charge is 0.346 e. The van der Waals surface area contributed by atoms with Crippen molar-refractivity contribution in [2.45, 2.75) is 46.1 Å². The number of nitrogens with zero attached hydrogens (tertiary/aromatic N) is 1. The van der Waals surface area contributed by atoms with Crippen LogP contribution >= 0.6 is 0 Å². The highest BCUT2D eigenvalue weighted by molar-refractivity contribution is 5.96. The van der Waals surface area contributed by atoms with Crippen LogP contribution in [0, 0.1) is 0 Å². The molecule has 25 heavy (non-hydrogen) atoms. The minimum Gasteiger partial charge on any atom is -0.346 e. The van der Waals surface area contributed by atoms with Crippen molar-refractivity contribution in [2.75, 3.05) is 5.32 Å². The molecular formula is C20H25N3O2. The van der Waals surface area contributed by atoms with Crippen LogP contribution in [0.2, 0.25) is 0 Å². The Hall–Kier alpha value is -2.69. The monoisotopic (exact) mass is 339 g/mol. The lowest BCUT2D eigenvalue weighted by molar-refractivity contribution is -0.115. The molecule has 2 N–H and O–H groups in total. The molecule has 2 aromatic rings. The van der Waals surface area contributed by atoms with Gasteiger partial charge in [-0.25, -0.2) is 0 Å². The van der Waals surface area contributed by atoms with Crippen molar-refractivity contribution in [3.63, 3.8) is 0 Å². The van der Waals surface area contributed by atoms with Crippen LogP contribution in [0.25, 0.3) is 0 Å². The quantitative estimate of drug-likeness (QED) is 0.877. The Morgan fingerprint density at radius 2 is 1.76 bits per heavy atom. The lowest BCUT2D eigenvalue weighted by Crippen LogP contribution is -2.40. The molecule has 1 aromatic carbocycles. The summed E-state index contributed by atoms with van der Waals surface area (Å²) in [6.07, 6.45) is 2.71. The third kappa shape index (κ3) is 5.71. The lowest BCUT2D eigenvalue weighted by atomic mass is 10.0. The molecule has 2 amide bonds. The molecule has 0 saturated carbocycles. The second-order valence-corrected chi connectivity index (χ2v) is 6.98. The Kier molecular flexibility index (Phi) is 5.91. The van der Waals surface area contributed by atoms with Crippen LogP contribution in [-0.4, -0.2) is 22.3 Å². The van der Waals surface area contributed by atoms with E-state index in [1.54, 1.807) is 12.1 Å². The van der Waals surface area contributed by atoms with Crippen molar-refractivity contribution in [1.29, 1.82) is 0 Å². The summed E-state index contributed by atoms with van der Waals surface area (Å²) >= 11 is 0. The van der Waals surface area contributed by atoms with Crippen LogP contribution in [0.1, 0.15) is 49.3 Å². The zero-order valence-electron chi connectivity index (χ0n) is 15.2.